The van der Waals surface area contributed by atoms with Crippen molar-refractivity contribution in [3.05, 3.63) is 163 Å². The fraction of sp³-hybridized carbons (Fsp3) is 0.0263. The average molecular weight is 528 g/mol. The van der Waals surface area contributed by atoms with Gasteiger partial charge in [0.05, 0.1) is 11.6 Å². The van der Waals surface area contributed by atoms with Gasteiger partial charge in [-0.05, 0) is 89.0 Å². The van der Waals surface area contributed by atoms with Gasteiger partial charge in [0.25, 0.3) is 0 Å². The van der Waals surface area contributed by atoms with Crippen molar-refractivity contribution in [1.82, 2.24) is 0 Å². The average Bonchev–Trinajstić information content (AvgIpc) is 3.06. The molecule has 6 aromatic carbocycles. The number of benzene rings is 6. The summed E-state index contributed by atoms with van der Waals surface area (Å²) in [6, 6.07) is 56.8. The Morgan fingerprint density at radius 3 is 1.29 bits per heavy atom. The van der Waals surface area contributed by atoms with Crippen LogP contribution in [0.1, 0.15) is 5.56 Å². The van der Waals surface area contributed by atoms with Crippen LogP contribution in [0.2, 0.25) is 0 Å². The number of anilines is 5. The number of hydrogen-bond donors (Lipinski definition) is 0. The largest absolute Gasteiger partial charge is 0.345 e. The lowest BCUT2D eigenvalue weighted by atomic mass is 10.0. The van der Waals surface area contributed by atoms with Crippen molar-refractivity contribution in [2.45, 2.75) is 0 Å². The Morgan fingerprint density at radius 2 is 0.829 bits per heavy atom. The van der Waals surface area contributed by atoms with Gasteiger partial charge in [-0.1, -0.05) is 91.0 Å². The summed E-state index contributed by atoms with van der Waals surface area (Å²) in [7, 11) is 2.02. The minimum absolute atomic E-state index is 0.648. The van der Waals surface area contributed by atoms with Crippen LogP contribution in [0.4, 0.5) is 28.4 Å². The van der Waals surface area contributed by atoms with E-state index in [2.05, 4.69) is 137 Å². The summed E-state index contributed by atoms with van der Waals surface area (Å²) >= 11 is 0. The Kier molecular flexibility index (Phi) is 7.30. The molecule has 0 heterocycles. The molecule has 0 unspecified atom stereocenters. The molecule has 41 heavy (non-hydrogen) atoms. The molecule has 0 aromatic heterocycles. The highest BCUT2D eigenvalue weighted by Gasteiger charge is 2.14. The van der Waals surface area contributed by atoms with Gasteiger partial charge in [0.15, 0.2) is 0 Å². The molecule has 0 fully saturated rings. The van der Waals surface area contributed by atoms with E-state index in [0.29, 0.717) is 5.56 Å². The maximum absolute atomic E-state index is 9.32. The zero-order chi connectivity index (χ0) is 28.0. The van der Waals surface area contributed by atoms with Crippen LogP contribution in [0.3, 0.4) is 0 Å². The van der Waals surface area contributed by atoms with E-state index in [4.69, 9.17) is 0 Å². The lowest BCUT2D eigenvalue weighted by Gasteiger charge is -2.27. The Labute approximate surface area is 241 Å². The topological polar surface area (TPSA) is 30.3 Å². The first-order valence-corrected chi connectivity index (χ1v) is 13.6. The summed E-state index contributed by atoms with van der Waals surface area (Å²) < 4.78 is 0. The summed E-state index contributed by atoms with van der Waals surface area (Å²) in [5.41, 5.74) is 10.7. The highest BCUT2D eigenvalue weighted by atomic mass is 15.1. The van der Waals surface area contributed by atoms with Crippen molar-refractivity contribution in [1.29, 1.82) is 5.26 Å². The van der Waals surface area contributed by atoms with Crippen molar-refractivity contribution in [3.63, 3.8) is 0 Å². The first kappa shape index (κ1) is 25.7. The van der Waals surface area contributed by atoms with E-state index in [1.54, 1.807) is 0 Å². The van der Waals surface area contributed by atoms with Gasteiger partial charge in [0.1, 0.15) is 0 Å². The second-order valence-electron chi connectivity index (χ2n) is 9.90. The maximum Gasteiger partial charge on any atom is 0.0992 e. The van der Waals surface area contributed by atoms with Gasteiger partial charge in [-0.15, -0.1) is 0 Å². The molecule has 3 nitrogen and oxygen atoms in total. The minimum atomic E-state index is 0.648. The second kappa shape index (κ2) is 11.7. The summed E-state index contributed by atoms with van der Waals surface area (Å²) in [5, 5.41) is 9.32. The van der Waals surface area contributed by atoms with Crippen molar-refractivity contribution in [2.75, 3.05) is 16.8 Å². The fourth-order valence-corrected chi connectivity index (χ4v) is 5.07. The van der Waals surface area contributed by atoms with Crippen molar-refractivity contribution in [2.24, 2.45) is 0 Å². The zero-order valence-electron chi connectivity index (χ0n) is 22.9. The number of hydrogen-bond acceptors (Lipinski definition) is 3. The van der Waals surface area contributed by atoms with E-state index >= 15 is 0 Å². The van der Waals surface area contributed by atoms with Crippen LogP contribution in [0.5, 0.6) is 0 Å². The molecule has 0 spiro atoms. The molecule has 196 valence electrons. The Bertz CT molecular complexity index is 1690. The molecule has 3 heteroatoms. The quantitative estimate of drug-likeness (QED) is 0.207. The predicted molar refractivity (Wildman–Crippen MR) is 171 cm³/mol. The van der Waals surface area contributed by atoms with Crippen molar-refractivity contribution in [3.8, 4) is 28.3 Å². The summed E-state index contributed by atoms with van der Waals surface area (Å²) in [6.45, 7) is 0. The lowest BCUT2D eigenvalue weighted by Crippen LogP contribution is -2.12. The van der Waals surface area contributed by atoms with Crippen LogP contribution >= 0.6 is 0 Å². The highest BCUT2D eigenvalue weighted by Crippen LogP contribution is 2.38. The second-order valence-corrected chi connectivity index (χ2v) is 9.90. The van der Waals surface area contributed by atoms with E-state index in [-0.39, 0.29) is 0 Å². The molecule has 6 aromatic rings. The molecule has 0 aliphatic carbocycles. The minimum Gasteiger partial charge on any atom is -0.345 e. The van der Waals surface area contributed by atoms with Gasteiger partial charge in [0, 0.05) is 35.5 Å². The van der Waals surface area contributed by atoms with Crippen molar-refractivity contribution < 1.29 is 0 Å². The van der Waals surface area contributed by atoms with Gasteiger partial charge in [-0.3, -0.25) is 0 Å². The third-order valence-electron chi connectivity index (χ3n) is 7.32. The van der Waals surface area contributed by atoms with Crippen molar-refractivity contribution >= 4 is 28.4 Å². The van der Waals surface area contributed by atoms with Gasteiger partial charge in [-0.2, -0.15) is 5.26 Å². The summed E-state index contributed by atoms with van der Waals surface area (Å²) in [4.78, 5) is 4.38. The van der Waals surface area contributed by atoms with E-state index in [9.17, 15) is 5.26 Å². The molecule has 0 bridgehead atoms. The third-order valence-corrected chi connectivity index (χ3v) is 7.32. The molecule has 0 aliphatic rings. The van der Waals surface area contributed by atoms with Crippen LogP contribution in [-0.4, -0.2) is 7.05 Å². The molecular weight excluding hydrogens is 498 g/mol. The SMILES string of the molecule is CN(c1ccc(N(c2ccc(-c3ccccc3)cc2)c2ccc(-c3ccccc3)cc2)cc1)c1cccc(C#N)c1. The lowest BCUT2D eigenvalue weighted by molar-refractivity contribution is 1.20. The van der Waals surface area contributed by atoms with Gasteiger partial charge in [0.2, 0.25) is 0 Å². The number of nitrogens with zero attached hydrogens (tertiary/aromatic N) is 3. The Morgan fingerprint density at radius 1 is 0.415 bits per heavy atom. The summed E-state index contributed by atoms with van der Waals surface area (Å²) in [6.07, 6.45) is 0. The molecular formula is C38H29N3. The zero-order valence-corrected chi connectivity index (χ0v) is 22.9. The standard InChI is InChI=1S/C38H29N3/c1-40(38-14-8-9-29(27-38)28-39)34-23-25-37(26-24-34)41(35-19-15-32(16-20-35)30-10-4-2-5-11-30)36-21-17-33(18-22-36)31-12-6-3-7-13-31/h2-27H,1H3. The molecule has 0 aliphatic heterocycles. The van der Waals surface area contributed by atoms with Crippen LogP contribution < -0.4 is 9.80 Å². The first-order valence-electron chi connectivity index (χ1n) is 13.6. The number of nitriles is 1. The first-order chi connectivity index (χ1) is 20.2. The maximum atomic E-state index is 9.32. The smallest absolute Gasteiger partial charge is 0.0992 e. The third kappa shape index (κ3) is 5.59. The monoisotopic (exact) mass is 527 g/mol. The molecule has 0 saturated carbocycles. The Hall–Kier alpha value is -5.59. The van der Waals surface area contributed by atoms with E-state index in [1.807, 2.05) is 43.4 Å². The van der Waals surface area contributed by atoms with Crippen LogP contribution in [0, 0.1) is 11.3 Å². The molecule has 0 atom stereocenters. The number of rotatable bonds is 7. The molecule has 6 rings (SSSR count). The van der Waals surface area contributed by atoms with Crippen LogP contribution in [0.25, 0.3) is 22.3 Å². The molecule has 0 N–H and O–H groups in total. The van der Waals surface area contributed by atoms with Gasteiger partial charge >= 0.3 is 0 Å². The van der Waals surface area contributed by atoms with Gasteiger partial charge in [-0.25, -0.2) is 0 Å². The van der Waals surface area contributed by atoms with E-state index in [1.165, 1.54) is 22.3 Å². The fourth-order valence-electron chi connectivity index (χ4n) is 5.07. The van der Waals surface area contributed by atoms with Crippen LogP contribution in [-0.2, 0) is 0 Å². The molecule has 0 amide bonds. The van der Waals surface area contributed by atoms with E-state index in [0.717, 1.165) is 28.4 Å². The highest BCUT2D eigenvalue weighted by molar-refractivity contribution is 5.81. The van der Waals surface area contributed by atoms with Crippen LogP contribution in [0.15, 0.2) is 158 Å². The Balaban J connectivity index is 1.36. The summed E-state index contributed by atoms with van der Waals surface area (Å²) in [5.74, 6) is 0. The normalized spacial score (nSPS) is 10.5. The van der Waals surface area contributed by atoms with E-state index < -0.39 is 0 Å². The molecule has 0 saturated heterocycles. The van der Waals surface area contributed by atoms with Gasteiger partial charge < -0.3 is 9.80 Å². The molecule has 0 radical (unpaired) electrons. The predicted octanol–water partition coefficient (Wildman–Crippen LogP) is 10.1.